The molecule has 4 rings (SSSR count). The molecule has 2 aromatic carbocycles. The average Bonchev–Trinajstić information content (AvgIpc) is 2.81. The predicted octanol–water partition coefficient (Wildman–Crippen LogP) is 1.82. The van der Waals surface area contributed by atoms with Crippen molar-refractivity contribution < 1.29 is 4.79 Å². The van der Waals surface area contributed by atoms with Crippen LogP contribution in [-0.4, -0.2) is 65.1 Å². The highest BCUT2D eigenvalue weighted by Gasteiger charge is 2.16. The van der Waals surface area contributed by atoms with Crippen LogP contribution >= 0.6 is 0 Å². The maximum absolute atomic E-state index is 12.4. The average molecular weight is 435 g/mol. The van der Waals surface area contributed by atoms with E-state index >= 15 is 0 Å². The van der Waals surface area contributed by atoms with Gasteiger partial charge in [-0.2, -0.15) is 0 Å². The summed E-state index contributed by atoms with van der Waals surface area (Å²) in [6.07, 6.45) is 1.93. The normalized spacial score (nSPS) is 14.6. The van der Waals surface area contributed by atoms with Crippen LogP contribution < -0.4 is 15.8 Å². The fourth-order valence-corrected chi connectivity index (χ4v) is 4.06. The third-order valence-corrected chi connectivity index (χ3v) is 5.89. The topological polar surface area (TPSA) is 83.4 Å². The number of anilines is 1. The van der Waals surface area contributed by atoms with Gasteiger partial charge in [0, 0.05) is 38.4 Å². The molecule has 8 nitrogen and oxygen atoms in total. The van der Waals surface area contributed by atoms with Crippen LogP contribution in [-0.2, 0) is 11.3 Å². The van der Waals surface area contributed by atoms with Gasteiger partial charge in [-0.05, 0) is 56.1 Å². The van der Waals surface area contributed by atoms with E-state index in [1.54, 1.807) is 24.3 Å². The number of nitrogens with zero attached hydrogens (tertiary/aromatic N) is 5. The van der Waals surface area contributed by atoms with Gasteiger partial charge in [0.2, 0.25) is 5.91 Å². The molecule has 1 aromatic heterocycles. The minimum atomic E-state index is -0.296. The SMILES string of the molecule is Cc1cccc(N2CCN(CCCCNC(=O)Cn3nnc4ccccc4c3=O)CC2)c1. The van der Waals surface area contributed by atoms with Gasteiger partial charge in [-0.15, -0.1) is 5.10 Å². The van der Waals surface area contributed by atoms with Crippen molar-refractivity contribution in [2.45, 2.75) is 26.3 Å². The second-order valence-corrected chi connectivity index (χ2v) is 8.29. The number of aromatic nitrogens is 3. The molecular weight excluding hydrogens is 404 g/mol. The van der Waals surface area contributed by atoms with Gasteiger partial charge in [-0.1, -0.05) is 29.5 Å². The van der Waals surface area contributed by atoms with Crippen molar-refractivity contribution in [3.05, 3.63) is 64.4 Å². The molecular formula is C24H30N6O2. The van der Waals surface area contributed by atoms with Crippen molar-refractivity contribution in [2.24, 2.45) is 0 Å². The van der Waals surface area contributed by atoms with Gasteiger partial charge in [0.25, 0.3) is 5.56 Å². The summed E-state index contributed by atoms with van der Waals surface area (Å²) in [5.41, 5.74) is 2.84. The number of unbranched alkanes of at least 4 members (excludes halogenated alkanes) is 1. The number of piperazine rings is 1. The summed E-state index contributed by atoms with van der Waals surface area (Å²) in [6.45, 7) is 7.85. The summed E-state index contributed by atoms with van der Waals surface area (Å²) in [5.74, 6) is -0.219. The third-order valence-electron chi connectivity index (χ3n) is 5.89. The van der Waals surface area contributed by atoms with Gasteiger partial charge in [-0.25, -0.2) is 4.68 Å². The van der Waals surface area contributed by atoms with E-state index in [0.29, 0.717) is 17.4 Å². The molecule has 1 aliphatic rings. The predicted molar refractivity (Wildman–Crippen MR) is 126 cm³/mol. The first-order chi connectivity index (χ1) is 15.6. The Morgan fingerprint density at radius 3 is 2.66 bits per heavy atom. The van der Waals surface area contributed by atoms with Crippen LogP contribution in [0.2, 0.25) is 0 Å². The number of nitrogens with one attached hydrogen (secondary N) is 1. The number of fused-ring (bicyclic) bond motifs is 1. The van der Waals surface area contributed by atoms with Crippen LogP contribution in [0.1, 0.15) is 18.4 Å². The number of hydrogen-bond donors (Lipinski definition) is 1. The van der Waals surface area contributed by atoms with Crippen molar-refractivity contribution >= 4 is 22.5 Å². The Bertz CT molecular complexity index is 1120. The molecule has 0 spiro atoms. The van der Waals surface area contributed by atoms with Crippen LogP contribution in [0, 0.1) is 6.92 Å². The first kappa shape index (κ1) is 22.0. The number of rotatable bonds is 8. The Balaban J connectivity index is 1.14. The summed E-state index contributed by atoms with van der Waals surface area (Å²) < 4.78 is 1.12. The molecule has 32 heavy (non-hydrogen) atoms. The van der Waals surface area contributed by atoms with Crippen LogP contribution in [0.3, 0.4) is 0 Å². The number of carbonyl (C=O) groups excluding carboxylic acids is 1. The van der Waals surface area contributed by atoms with Crippen molar-refractivity contribution in [2.75, 3.05) is 44.2 Å². The third kappa shape index (κ3) is 5.50. The molecule has 1 N–H and O–H groups in total. The molecule has 0 saturated carbocycles. The molecule has 2 heterocycles. The lowest BCUT2D eigenvalue weighted by atomic mass is 10.2. The molecule has 0 atom stereocenters. The molecule has 1 saturated heterocycles. The molecule has 1 fully saturated rings. The molecule has 0 bridgehead atoms. The van der Waals surface area contributed by atoms with Crippen LogP contribution in [0.5, 0.6) is 0 Å². The summed E-state index contributed by atoms with van der Waals surface area (Å²) in [5, 5.41) is 11.2. The second-order valence-electron chi connectivity index (χ2n) is 8.29. The van der Waals surface area contributed by atoms with Crippen LogP contribution in [0.4, 0.5) is 5.69 Å². The lowest BCUT2D eigenvalue weighted by Gasteiger charge is -2.36. The minimum absolute atomic E-state index is 0.114. The van der Waals surface area contributed by atoms with Crippen molar-refractivity contribution in [1.82, 2.24) is 25.2 Å². The number of aryl methyl sites for hydroxylation is 1. The van der Waals surface area contributed by atoms with E-state index in [2.05, 4.69) is 56.6 Å². The molecule has 0 radical (unpaired) electrons. The lowest BCUT2D eigenvalue weighted by molar-refractivity contribution is -0.121. The Labute approximate surface area is 187 Å². The number of hydrogen-bond acceptors (Lipinski definition) is 6. The molecule has 3 aromatic rings. The molecule has 168 valence electrons. The highest BCUT2D eigenvalue weighted by molar-refractivity contribution is 5.78. The van der Waals surface area contributed by atoms with Gasteiger partial charge in [0.1, 0.15) is 12.1 Å². The van der Waals surface area contributed by atoms with Gasteiger partial charge in [-0.3, -0.25) is 14.5 Å². The highest BCUT2D eigenvalue weighted by Crippen LogP contribution is 2.17. The summed E-state index contributed by atoms with van der Waals surface area (Å²) in [7, 11) is 0. The molecule has 0 aliphatic carbocycles. The standard InChI is InChI=1S/C24H30N6O2/c1-19-7-6-8-20(17-19)29-15-13-28(14-16-29)12-5-4-11-25-23(31)18-30-24(32)21-9-2-3-10-22(21)26-27-30/h2-3,6-10,17H,4-5,11-16,18H2,1H3,(H,25,31). The first-order valence-electron chi connectivity index (χ1n) is 11.2. The maximum atomic E-state index is 12.4. The Morgan fingerprint density at radius 2 is 1.84 bits per heavy atom. The number of carbonyl (C=O) groups is 1. The monoisotopic (exact) mass is 434 g/mol. The fourth-order valence-electron chi connectivity index (χ4n) is 4.06. The molecule has 0 unspecified atom stereocenters. The first-order valence-corrected chi connectivity index (χ1v) is 11.2. The van der Waals surface area contributed by atoms with E-state index in [-0.39, 0.29) is 18.0 Å². The maximum Gasteiger partial charge on any atom is 0.278 e. The van der Waals surface area contributed by atoms with Crippen LogP contribution in [0.15, 0.2) is 53.3 Å². The Hall–Kier alpha value is -3.26. The van der Waals surface area contributed by atoms with E-state index in [1.807, 2.05) is 0 Å². The van der Waals surface area contributed by atoms with Gasteiger partial charge >= 0.3 is 0 Å². The Kier molecular flexibility index (Phi) is 7.11. The highest BCUT2D eigenvalue weighted by atomic mass is 16.2. The van der Waals surface area contributed by atoms with E-state index in [1.165, 1.54) is 11.3 Å². The fraction of sp³-hybridized carbons (Fsp3) is 0.417. The summed E-state index contributed by atoms with van der Waals surface area (Å²) in [4.78, 5) is 29.6. The van der Waals surface area contributed by atoms with E-state index in [0.717, 1.165) is 50.2 Å². The smallest absolute Gasteiger partial charge is 0.278 e. The summed E-state index contributed by atoms with van der Waals surface area (Å²) >= 11 is 0. The molecule has 8 heteroatoms. The zero-order valence-corrected chi connectivity index (χ0v) is 18.5. The van der Waals surface area contributed by atoms with Crippen molar-refractivity contribution in [1.29, 1.82) is 0 Å². The lowest BCUT2D eigenvalue weighted by Crippen LogP contribution is -2.46. The van der Waals surface area contributed by atoms with E-state index in [4.69, 9.17) is 0 Å². The van der Waals surface area contributed by atoms with E-state index in [9.17, 15) is 9.59 Å². The van der Waals surface area contributed by atoms with Gasteiger partial charge in [0.15, 0.2) is 0 Å². The zero-order chi connectivity index (χ0) is 22.3. The largest absolute Gasteiger partial charge is 0.369 e. The van der Waals surface area contributed by atoms with Gasteiger partial charge < -0.3 is 10.2 Å². The molecule has 1 aliphatic heterocycles. The minimum Gasteiger partial charge on any atom is -0.369 e. The van der Waals surface area contributed by atoms with Crippen LogP contribution in [0.25, 0.3) is 10.9 Å². The van der Waals surface area contributed by atoms with Crippen molar-refractivity contribution in [3.63, 3.8) is 0 Å². The van der Waals surface area contributed by atoms with Gasteiger partial charge in [0.05, 0.1) is 5.39 Å². The summed E-state index contributed by atoms with van der Waals surface area (Å²) in [6, 6.07) is 15.7. The quantitative estimate of drug-likeness (QED) is 0.545. The zero-order valence-electron chi connectivity index (χ0n) is 18.5. The van der Waals surface area contributed by atoms with E-state index < -0.39 is 0 Å². The number of amides is 1. The van der Waals surface area contributed by atoms with Crippen molar-refractivity contribution in [3.8, 4) is 0 Å². The second kappa shape index (κ2) is 10.4. The Morgan fingerprint density at radius 1 is 1.03 bits per heavy atom. The molecule has 1 amide bonds. The number of benzene rings is 2.